The molecular weight excluding hydrogens is 402 g/mol. The van der Waals surface area contributed by atoms with Crippen LogP contribution in [0.3, 0.4) is 0 Å². The van der Waals surface area contributed by atoms with Gasteiger partial charge in [-0.2, -0.15) is 0 Å². The second-order valence-electron chi connectivity index (χ2n) is 5.34. The molecule has 1 heterocycles. The summed E-state index contributed by atoms with van der Waals surface area (Å²) in [5.41, 5.74) is 1.49. The first kappa shape index (κ1) is 16.5. The van der Waals surface area contributed by atoms with Crippen molar-refractivity contribution in [1.82, 2.24) is 0 Å². The van der Waals surface area contributed by atoms with E-state index in [1.54, 1.807) is 48.5 Å². The third-order valence-corrected chi connectivity index (χ3v) is 6.06. The van der Waals surface area contributed by atoms with Crippen LogP contribution in [0, 0.1) is 0 Å². The molecule has 7 heteroatoms. The third kappa shape index (κ3) is 2.91. The highest BCUT2D eigenvalue weighted by Crippen LogP contribution is 2.43. The Labute approximate surface area is 148 Å². The van der Waals surface area contributed by atoms with E-state index in [0.29, 0.717) is 21.8 Å². The SMILES string of the molecule is CS(=O)(=O)N1c2ccccc2C(=O)C(Br)C1c1ccc(Cl)cc1. The molecule has 0 radical (unpaired) electrons. The highest BCUT2D eigenvalue weighted by atomic mass is 79.9. The number of anilines is 1. The van der Waals surface area contributed by atoms with Gasteiger partial charge in [0.25, 0.3) is 0 Å². The molecule has 3 rings (SSSR count). The molecule has 1 aliphatic heterocycles. The fourth-order valence-electron chi connectivity index (χ4n) is 2.78. The van der Waals surface area contributed by atoms with Crippen molar-refractivity contribution in [2.45, 2.75) is 10.9 Å². The van der Waals surface area contributed by atoms with Crippen LogP contribution >= 0.6 is 27.5 Å². The van der Waals surface area contributed by atoms with Gasteiger partial charge in [0.05, 0.1) is 18.0 Å². The molecular formula is C16H13BrClNO3S. The van der Waals surface area contributed by atoms with Crippen LogP contribution in [0.25, 0.3) is 0 Å². The van der Waals surface area contributed by atoms with E-state index in [1.807, 2.05) is 0 Å². The number of rotatable bonds is 2. The molecule has 120 valence electrons. The van der Waals surface area contributed by atoms with Gasteiger partial charge in [0, 0.05) is 10.6 Å². The smallest absolute Gasteiger partial charge is 0.232 e. The number of fused-ring (bicyclic) bond motifs is 1. The zero-order valence-corrected chi connectivity index (χ0v) is 15.3. The van der Waals surface area contributed by atoms with Gasteiger partial charge in [0.2, 0.25) is 10.0 Å². The molecule has 0 aromatic heterocycles. The molecule has 0 amide bonds. The Morgan fingerprint density at radius 3 is 2.30 bits per heavy atom. The van der Waals surface area contributed by atoms with Crippen molar-refractivity contribution >= 4 is 49.0 Å². The summed E-state index contributed by atoms with van der Waals surface area (Å²) < 4.78 is 26.1. The van der Waals surface area contributed by atoms with Crippen molar-refractivity contribution in [2.24, 2.45) is 0 Å². The Balaban J connectivity index is 2.25. The number of Topliss-reactive ketones (excluding diaryl/α,β-unsaturated/α-hetero) is 1. The summed E-state index contributed by atoms with van der Waals surface area (Å²) in [5, 5.41) is 0.549. The molecule has 0 fully saturated rings. The second-order valence-corrected chi connectivity index (χ2v) is 8.62. The Morgan fingerprint density at radius 2 is 1.70 bits per heavy atom. The normalized spacial score (nSPS) is 21.2. The number of hydrogen-bond acceptors (Lipinski definition) is 3. The van der Waals surface area contributed by atoms with Crippen molar-refractivity contribution in [3.63, 3.8) is 0 Å². The van der Waals surface area contributed by atoms with Crippen LogP contribution in [0.4, 0.5) is 5.69 Å². The number of sulfonamides is 1. The van der Waals surface area contributed by atoms with Crippen molar-refractivity contribution in [3.8, 4) is 0 Å². The van der Waals surface area contributed by atoms with Gasteiger partial charge in [-0.1, -0.05) is 51.8 Å². The summed E-state index contributed by atoms with van der Waals surface area (Å²) in [7, 11) is -3.58. The predicted molar refractivity (Wildman–Crippen MR) is 95.0 cm³/mol. The average Bonchev–Trinajstić information content (AvgIpc) is 2.50. The second kappa shape index (κ2) is 5.92. The number of ketones is 1. The van der Waals surface area contributed by atoms with Crippen LogP contribution in [0.2, 0.25) is 5.02 Å². The Morgan fingerprint density at radius 1 is 1.09 bits per heavy atom. The fraction of sp³-hybridized carbons (Fsp3) is 0.188. The molecule has 2 unspecified atom stereocenters. The van der Waals surface area contributed by atoms with Crippen LogP contribution in [0.15, 0.2) is 48.5 Å². The van der Waals surface area contributed by atoms with Gasteiger partial charge in [-0.05, 0) is 29.8 Å². The van der Waals surface area contributed by atoms with Crippen LogP contribution in [-0.4, -0.2) is 25.3 Å². The van der Waals surface area contributed by atoms with E-state index < -0.39 is 20.9 Å². The number of benzene rings is 2. The number of carbonyl (C=O) groups excluding carboxylic acids is 1. The molecule has 0 N–H and O–H groups in total. The van der Waals surface area contributed by atoms with Gasteiger partial charge < -0.3 is 0 Å². The van der Waals surface area contributed by atoms with E-state index in [-0.39, 0.29) is 5.78 Å². The van der Waals surface area contributed by atoms with E-state index in [9.17, 15) is 13.2 Å². The highest BCUT2D eigenvalue weighted by molar-refractivity contribution is 9.10. The predicted octanol–water partition coefficient (Wildman–Crippen LogP) is 3.81. The molecule has 23 heavy (non-hydrogen) atoms. The minimum atomic E-state index is -3.58. The summed E-state index contributed by atoms with van der Waals surface area (Å²) in [4.78, 5) is 12.0. The molecule has 1 aliphatic rings. The van der Waals surface area contributed by atoms with Crippen LogP contribution in [-0.2, 0) is 10.0 Å². The maximum atomic E-state index is 12.6. The average molecular weight is 415 g/mol. The number of nitrogens with zero attached hydrogens (tertiary/aromatic N) is 1. The van der Waals surface area contributed by atoms with E-state index in [4.69, 9.17) is 11.6 Å². The van der Waals surface area contributed by atoms with Gasteiger partial charge in [-0.3, -0.25) is 9.10 Å². The summed E-state index contributed by atoms with van der Waals surface area (Å²) in [6, 6.07) is 12.9. The van der Waals surface area contributed by atoms with Crippen molar-refractivity contribution in [1.29, 1.82) is 0 Å². The van der Waals surface area contributed by atoms with Gasteiger partial charge in [-0.15, -0.1) is 0 Å². The van der Waals surface area contributed by atoms with E-state index in [0.717, 1.165) is 6.26 Å². The number of alkyl halides is 1. The topological polar surface area (TPSA) is 54.5 Å². The lowest BCUT2D eigenvalue weighted by Gasteiger charge is -2.39. The molecule has 0 bridgehead atoms. The number of carbonyl (C=O) groups is 1. The number of hydrogen-bond donors (Lipinski definition) is 0. The zero-order valence-electron chi connectivity index (χ0n) is 12.1. The molecule has 4 nitrogen and oxygen atoms in total. The first-order valence-electron chi connectivity index (χ1n) is 6.83. The lowest BCUT2D eigenvalue weighted by atomic mass is 9.92. The monoisotopic (exact) mass is 413 g/mol. The first-order valence-corrected chi connectivity index (χ1v) is 9.97. The molecule has 0 saturated heterocycles. The van der Waals surface area contributed by atoms with Crippen LogP contribution in [0.5, 0.6) is 0 Å². The first-order chi connectivity index (χ1) is 10.8. The highest BCUT2D eigenvalue weighted by Gasteiger charge is 2.43. The molecule has 2 aromatic carbocycles. The number of halogens is 2. The van der Waals surface area contributed by atoms with Crippen LogP contribution in [0.1, 0.15) is 22.0 Å². The summed E-state index contributed by atoms with van der Waals surface area (Å²) in [6.07, 6.45) is 1.14. The fourth-order valence-corrected chi connectivity index (χ4v) is 5.03. The largest absolute Gasteiger partial charge is 0.293 e. The third-order valence-electron chi connectivity index (χ3n) is 3.76. The Hall–Kier alpha value is -1.37. The van der Waals surface area contributed by atoms with Gasteiger partial charge >= 0.3 is 0 Å². The zero-order chi connectivity index (χ0) is 16.8. The minimum Gasteiger partial charge on any atom is -0.293 e. The van der Waals surface area contributed by atoms with Crippen molar-refractivity contribution in [3.05, 3.63) is 64.7 Å². The van der Waals surface area contributed by atoms with Gasteiger partial charge in [0.15, 0.2) is 5.78 Å². The lowest BCUT2D eigenvalue weighted by molar-refractivity contribution is 0.0979. The molecule has 2 atom stereocenters. The van der Waals surface area contributed by atoms with Crippen molar-refractivity contribution < 1.29 is 13.2 Å². The van der Waals surface area contributed by atoms with Crippen molar-refractivity contribution in [2.75, 3.05) is 10.6 Å². The summed E-state index contributed by atoms with van der Waals surface area (Å²) >= 11 is 9.30. The summed E-state index contributed by atoms with van der Waals surface area (Å²) in [6.45, 7) is 0. The Kier molecular flexibility index (Phi) is 4.25. The minimum absolute atomic E-state index is 0.138. The summed E-state index contributed by atoms with van der Waals surface area (Å²) in [5.74, 6) is -0.138. The van der Waals surface area contributed by atoms with E-state index >= 15 is 0 Å². The van der Waals surface area contributed by atoms with E-state index in [2.05, 4.69) is 15.9 Å². The Bertz CT molecular complexity index is 867. The molecule has 2 aromatic rings. The van der Waals surface area contributed by atoms with Gasteiger partial charge in [-0.25, -0.2) is 8.42 Å². The quantitative estimate of drug-likeness (QED) is 0.702. The number of para-hydroxylation sites is 1. The van der Waals surface area contributed by atoms with Gasteiger partial charge in [0.1, 0.15) is 4.83 Å². The standard InChI is InChI=1S/C16H13BrClNO3S/c1-23(21,22)19-13-5-3-2-4-12(13)16(20)14(17)15(19)10-6-8-11(18)9-7-10/h2-9,14-15H,1H3. The van der Waals surface area contributed by atoms with E-state index in [1.165, 1.54) is 4.31 Å². The maximum Gasteiger partial charge on any atom is 0.232 e. The molecule has 0 saturated carbocycles. The molecule has 0 spiro atoms. The lowest BCUT2D eigenvalue weighted by Crippen LogP contribution is -2.45. The van der Waals surface area contributed by atoms with Crippen LogP contribution < -0.4 is 4.31 Å². The molecule has 0 aliphatic carbocycles. The maximum absolute atomic E-state index is 12.6.